The van der Waals surface area contributed by atoms with Crippen molar-refractivity contribution in [1.82, 2.24) is 24.7 Å². The van der Waals surface area contributed by atoms with Crippen molar-refractivity contribution in [3.05, 3.63) is 54.4 Å². The smallest absolute Gasteiger partial charge is 0.177 e. The van der Waals surface area contributed by atoms with Crippen LogP contribution >= 0.6 is 0 Å². The molecule has 1 aliphatic rings. The summed E-state index contributed by atoms with van der Waals surface area (Å²) in [7, 11) is 2.23. The van der Waals surface area contributed by atoms with Crippen LogP contribution in [-0.2, 0) is 6.42 Å². The Kier molecular flexibility index (Phi) is 4.13. The van der Waals surface area contributed by atoms with Crippen LogP contribution in [0.1, 0.15) is 12.0 Å². The Hall–Kier alpha value is -2.47. The first-order valence-electron chi connectivity index (χ1n) is 8.46. The fourth-order valence-electron chi connectivity index (χ4n) is 3.33. The molecule has 0 spiro atoms. The normalized spacial score (nSPS) is 17.9. The average Bonchev–Trinajstić information content (AvgIpc) is 3.29. The molecule has 0 N–H and O–H groups in total. The van der Waals surface area contributed by atoms with Gasteiger partial charge >= 0.3 is 0 Å². The number of likely N-dealkylation sites (N-methyl/N-ethyl adjacent to an activating group) is 1. The lowest BCUT2D eigenvalue weighted by Crippen LogP contribution is -2.36. The minimum absolute atomic E-state index is 0.576. The number of aromatic nitrogens is 4. The Morgan fingerprint density at radius 1 is 1.17 bits per heavy atom. The molecule has 4 rings (SSSR count). The zero-order valence-corrected chi connectivity index (χ0v) is 13.9. The highest BCUT2D eigenvalue weighted by molar-refractivity contribution is 5.45. The Morgan fingerprint density at radius 3 is 2.92 bits per heavy atom. The van der Waals surface area contributed by atoms with Crippen molar-refractivity contribution in [3.8, 4) is 0 Å². The molecule has 0 saturated carbocycles. The fourth-order valence-corrected chi connectivity index (χ4v) is 3.33. The van der Waals surface area contributed by atoms with E-state index in [1.54, 1.807) is 10.8 Å². The van der Waals surface area contributed by atoms with E-state index in [0.717, 1.165) is 37.5 Å². The van der Waals surface area contributed by atoms with Crippen molar-refractivity contribution in [1.29, 1.82) is 0 Å². The van der Waals surface area contributed by atoms with Crippen LogP contribution in [-0.4, -0.2) is 57.4 Å². The predicted molar refractivity (Wildman–Crippen MR) is 94.2 cm³/mol. The topological polar surface area (TPSA) is 49.6 Å². The van der Waals surface area contributed by atoms with E-state index in [4.69, 9.17) is 0 Å². The molecule has 1 saturated heterocycles. The average molecular weight is 322 g/mol. The molecule has 6 nitrogen and oxygen atoms in total. The molecule has 124 valence electrons. The van der Waals surface area contributed by atoms with Gasteiger partial charge in [-0.3, -0.25) is 0 Å². The number of benzene rings is 1. The van der Waals surface area contributed by atoms with E-state index in [9.17, 15) is 0 Å². The van der Waals surface area contributed by atoms with Gasteiger partial charge in [0.2, 0.25) is 0 Å². The molecule has 1 atom stereocenters. The molecule has 0 amide bonds. The van der Waals surface area contributed by atoms with Gasteiger partial charge < -0.3 is 9.80 Å². The second kappa shape index (κ2) is 6.57. The highest BCUT2D eigenvalue weighted by atomic mass is 15.4. The van der Waals surface area contributed by atoms with E-state index in [0.29, 0.717) is 6.04 Å². The standard InChI is InChI=1S/C18H22N6/c1-22(11-9-15-5-3-2-4-6-15)16-10-12-23(13-16)18-8-7-17-20-19-14-24(17)21-18/h2-8,14,16H,9-13H2,1H3. The van der Waals surface area contributed by atoms with E-state index >= 15 is 0 Å². The van der Waals surface area contributed by atoms with Gasteiger partial charge in [0.1, 0.15) is 12.1 Å². The zero-order valence-electron chi connectivity index (χ0n) is 13.9. The molecular formula is C18H22N6. The summed E-state index contributed by atoms with van der Waals surface area (Å²) < 4.78 is 1.74. The number of hydrogen-bond acceptors (Lipinski definition) is 5. The molecule has 3 aromatic rings. The molecule has 0 aliphatic carbocycles. The van der Waals surface area contributed by atoms with Crippen molar-refractivity contribution < 1.29 is 0 Å². The highest BCUT2D eigenvalue weighted by Crippen LogP contribution is 2.21. The molecule has 3 heterocycles. The number of fused-ring (bicyclic) bond motifs is 1. The third-order valence-corrected chi connectivity index (χ3v) is 4.85. The molecule has 1 aromatic carbocycles. The van der Waals surface area contributed by atoms with Crippen LogP contribution in [0.5, 0.6) is 0 Å². The van der Waals surface area contributed by atoms with Gasteiger partial charge in [-0.05, 0) is 37.6 Å². The Morgan fingerprint density at radius 2 is 2.04 bits per heavy atom. The monoisotopic (exact) mass is 322 g/mol. The summed E-state index contributed by atoms with van der Waals surface area (Å²) in [5.74, 6) is 1.00. The number of rotatable bonds is 5. The summed E-state index contributed by atoms with van der Waals surface area (Å²) in [6, 6.07) is 15.3. The molecular weight excluding hydrogens is 300 g/mol. The lowest BCUT2D eigenvalue weighted by Gasteiger charge is -2.25. The van der Waals surface area contributed by atoms with Gasteiger partial charge in [0, 0.05) is 25.7 Å². The first kappa shape index (κ1) is 15.1. The van der Waals surface area contributed by atoms with Gasteiger partial charge in [0.25, 0.3) is 0 Å². The van der Waals surface area contributed by atoms with E-state index in [1.165, 1.54) is 12.0 Å². The second-order valence-electron chi connectivity index (χ2n) is 6.43. The maximum absolute atomic E-state index is 4.60. The summed E-state index contributed by atoms with van der Waals surface area (Å²) in [6.45, 7) is 3.15. The van der Waals surface area contributed by atoms with Crippen LogP contribution in [0.2, 0.25) is 0 Å². The van der Waals surface area contributed by atoms with E-state index in [2.05, 4.69) is 62.5 Å². The van der Waals surface area contributed by atoms with E-state index < -0.39 is 0 Å². The summed E-state index contributed by atoms with van der Waals surface area (Å²) in [4.78, 5) is 4.83. The van der Waals surface area contributed by atoms with Crippen molar-refractivity contribution in [3.63, 3.8) is 0 Å². The van der Waals surface area contributed by atoms with Crippen LogP contribution < -0.4 is 4.90 Å². The highest BCUT2D eigenvalue weighted by Gasteiger charge is 2.26. The maximum Gasteiger partial charge on any atom is 0.177 e. The van der Waals surface area contributed by atoms with Crippen LogP contribution in [0.15, 0.2) is 48.8 Å². The lowest BCUT2D eigenvalue weighted by molar-refractivity contribution is 0.262. The molecule has 1 fully saturated rings. The largest absolute Gasteiger partial charge is 0.354 e. The molecule has 1 unspecified atom stereocenters. The molecule has 2 aromatic heterocycles. The van der Waals surface area contributed by atoms with Crippen LogP contribution in [0.3, 0.4) is 0 Å². The van der Waals surface area contributed by atoms with Gasteiger partial charge in [-0.25, -0.2) is 0 Å². The quantitative estimate of drug-likeness (QED) is 0.718. The third kappa shape index (κ3) is 3.10. The Labute approximate surface area is 141 Å². The van der Waals surface area contributed by atoms with Gasteiger partial charge in [-0.1, -0.05) is 30.3 Å². The van der Waals surface area contributed by atoms with Crippen molar-refractivity contribution >= 4 is 11.5 Å². The summed E-state index contributed by atoms with van der Waals surface area (Å²) >= 11 is 0. The first-order valence-corrected chi connectivity index (χ1v) is 8.46. The second-order valence-corrected chi connectivity index (χ2v) is 6.43. The molecule has 6 heteroatoms. The Bertz CT molecular complexity index is 799. The van der Waals surface area contributed by atoms with Crippen LogP contribution in [0.25, 0.3) is 5.65 Å². The molecule has 0 bridgehead atoms. The van der Waals surface area contributed by atoms with Gasteiger partial charge in [-0.2, -0.15) is 4.52 Å². The number of nitrogens with zero attached hydrogens (tertiary/aromatic N) is 6. The van der Waals surface area contributed by atoms with Crippen molar-refractivity contribution in [2.24, 2.45) is 0 Å². The van der Waals surface area contributed by atoms with E-state index in [1.807, 2.05) is 12.1 Å². The molecule has 1 aliphatic heterocycles. The molecule has 0 radical (unpaired) electrons. The summed E-state index contributed by atoms with van der Waals surface area (Å²) in [5.41, 5.74) is 2.19. The van der Waals surface area contributed by atoms with Gasteiger partial charge in [-0.15, -0.1) is 15.3 Å². The zero-order chi connectivity index (χ0) is 16.4. The summed E-state index contributed by atoms with van der Waals surface area (Å²) in [5, 5.41) is 12.5. The lowest BCUT2D eigenvalue weighted by atomic mass is 10.1. The summed E-state index contributed by atoms with van der Waals surface area (Å²) in [6.07, 6.45) is 3.92. The fraction of sp³-hybridized carbons (Fsp3) is 0.389. The molecule has 24 heavy (non-hydrogen) atoms. The van der Waals surface area contributed by atoms with Crippen molar-refractivity contribution in [2.45, 2.75) is 18.9 Å². The van der Waals surface area contributed by atoms with Crippen molar-refractivity contribution in [2.75, 3.05) is 31.6 Å². The minimum Gasteiger partial charge on any atom is -0.354 e. The minimum atomic E-state index is 0.576. The predicted octanol–water partition coefficient (Wildman–Crippen LogP) is 1.88. The van der Waals surface area contributed by atoms with Gasteiger partial charge in [0.15, 0.2) is 5.65 Å². The number of hydrogen-bond donors (Lipinski definition) is 0. The first-order chi connectivity index (χ1) is 11.8. The maximum atomic E-state index is 4.60. The van der Waals surface area contributed by atoms with Crippen LogP contribution in [0.4, 0.5) is 5.82 Å². The van der Waals surface area contributed by atoms with E-state index in [-0.39, 0.29) is 0 Å². The SMILES string of the molecule is CN(CCc1ccccc1)C1CCN(c2ccc3nncn3n2)C1. The third-order valence-electron chi connectivity index (χ3n) is 4.85. The van der Waals surface area contributed by atoms with Crippen LogP contribution in [0, 0.1) is 0 Å². The number of anilines is 1. The van der Waals surface area contributed by atoms with Gasteiger partial charge in [0.05, 0.1) is 0 Å². The Balaban J connectivity index is 1.36.